The molecule has 3 heterocycles. The van der Waals surface area contributed by atoms with Gasteiger partial charge in [-0.1, -0.05) is 0 Å². The highest BCUT2D eigenvalue weighted by Crippen LogP contribution is 2.32. The van der Waals surface area contributed by atoms with Crippen LogP contribution in [0.15, 0.2) is 41.1 Å². The van der Waals surface area contributed by atoms with E-state index in [1.807, 2.05) is 21.7 Å². The van der Waals surface area contributed by atoms with E-state index in [9.17, 15) is 14.0 Å². The van der Waals surface area contributed by atoms with Gasteiger partial charge in [-0.2, -0.15) is 11.3 Å². The monoisotopic (exact) mass is 388 g/mol. The van der Waals surface area contributed by atoms with E-state index in [0.717, 1.165) is 18.4 Å². The van der Waals surface area contributed by atoms with Gasteiger partial charge in [0.15, 0.2) is 0 Å². The van der Waals surface area contributed by atoms with Crippen molar-refractivity contribution in [3.8, 4) is 0 Å². The van der Waals surface area contributed by atoms with Crippen LogP contribution in [0, 0.1) is 5.82 Å². The summed E-state index contributed by atoms with van der Waals surface area (Å²) in [6.45, 7) is 1.53. The lowest BCUT2D eigenvalue weighted by Crippen LogP contribution is -2.62. The molecule has 7 heteroatoms. The quantitative estimate of drug-likeness (QED) is 0.813. The molecule has 5 nitrogen and oxygen atoms in total. The molecule has 1 unspecified atom stereocenters. The number of carbonyl (C=O) groups excluding carboxylic acids is 2. The maximum Gasteiger partial charge on any atom is 0.253 e. The largest absolute Gasteiger partial charge is 0.361 e. The van der Waals surface area contributed by atoms with Crippen LogP contribution in [0.3, 0.4) is 0 Å². The van der Waals surface area contributed by atoms with Crippen LogP contribution in [-0.2, 0) is 20.7 Å². The van der Waals surface area contributed by atoms with Crippen LogP contribution in [0.1, 0.15) is 18.4 Å². The predicted molar refractivity (Wildman–Crippen MR) is 101 cm³/mol. The maximum atomic E-state index is 13.2. The highest BCUT2D eigenvalue weighted by Gasteiger charge is 2.44. The van der Waals surface area contributed by atoms with Gasteiger partial charge in [0.25, 0.3) is 5.91 Å². The van der Waals surface area contributed by atoms with Crippen molar-refractivity contribution in [3.63, 3.8) is 0 Å². The Morgan fingerprint density at radius 3 is 2.78 bits per heavy atom. The van der Waals surface area contributed by atoms with E-state index in [4.69, 9.17) is 4.74 Å². The smallest absolute Gasteiger partial charge is 0.253 e. The summed E-state index contributed by atoms with van der Waals surface area (Å²) >= 11 is 1.58. The van der Waals surface area contributed by atoms with Crippen LogP contribution >= 0.6 is 11.3 Å². The fourth-order valence-corrected chi connectivity index (χ4v) is 4.48. The highest BCUT2D eigenvalue weighted by atomic mass is 32.1. The highest BCUT2D eigenvalue weighted by molar-refractivity contribution is 7.08. The molecule has 2 aliphatic rings. The normalized spacial score (nSPS) is 23.1. The van der Waals surface area contributed by atoms with Crippen molar-refractivity contribution >= 4 is 28.8 Å². The number of carbonyl (C=O) groups is 2. The van der Waals surface area contributed by atoms with Crippen LogP contribution < -0.4 is 4.90 Å². The van der Waals surface area contributed by atoms with Crippen molar-refractivity contribution in [1.29, 1.82) is 0 Å². The molecule has 1 aromatic heterocycles. The van der Waals surface area contributed by atoms with Gasteiger partial charge in [-0.15, -0.1) is 0 Å². The third-order valence-electron chi connectivity index (χ3n) is 5.22. The van der Waals surface area contributed by atoms with Crippen LogP contribution in [0.25, 0.3) is 0 Å². The summed E-state index contributed by atoms with van der Waals surface area (Å²) in [5.74, 6) is -0.396. The Kier molecular flexibility index (Phi) is 4.97. The van der Waals surface area contributed by atoms with Gasteiger partial charge < -0.3 is 14.5 Å². The Hall–Kier alpha value is -2.25. The fourth-order valence-electron chi connectivity index (χ4n) is 3.81. The van der Waals surface area contributed by atoms with Crippen molar-refractivity contribution in [2.75, 3.05) is 31.1 Å². The molecule has 0 radical (unpaired) electrons. The number of halogens is 1. The van der Waals surface area contributed by atoms with E-state index in [1.54, 1.807) is 28.4 Å². The second-order valence-corrected chi connectivity index (χ2v) is 7.94. The average Bonchev–Trinajstić information content (AvgIpc) is 3.18. The second-order valence-electron chi connectivity index (χ2n) is 7.16. The molecular formula is C20H21FN2O3S. The molecule has 0 N–H and O–H groups in total. The zero-order valence-corrected chi connectivity index (χ0v) is 15.7. The summed E-state index contributed by atoms with van der Waals surface area (Å²) < 4.78 is 19.2. The Labute approximate surface area is 161 Å². The predicted octanol–water partition coefficient (Wildman–Crippen LogP) is 2.85. The first-order valence-electron chi connectivity index (χ1n) is 9.03. The van der Waals surface area contributed by atoms with Gasteiger partial charge >= 0.3 is 0 Å². The van der Waals surface area contributed by atoms with Crippen molar-refractivity contribution in [2.24, 2.45) is 0 Å². The van der Waals surface area contributed by atoms with Crippen molar-refractivity contribution in [2.45, 2.75) is 24.9 Å². The average molecular weight is 388 g/mol. The molecule has 2 amide bonds. The van der Waals surface area contributed by atoms with Gasteiger partial charge in [-0.25, -0.2) is 4.39 Å². The minimum atomic E-state index is -0.565. The van der Waals surface area contributed by atoms with Gasteiger partial charge in [0, 0.05) is 12.2 Å². The lowest BCUT2D eigenvalue weighted by Gasteiger charge is -2.47. The molecule has 0 bridgehead atoms. The van der Waals surface area contributed by atoms with E-state index in [2.05, 4.69) is 0 Å². The zero-order valence-electron chi connectivity index (χ0n) is 14.9. The van der Waals surface area contributed by atoms with Gasteiger partial charge in [0.1, 0.15) is 18.0 Å². The maximum absolute atomic E-state index is 13.2. The van der Waals surface area contributed by atoms with E-state index < -0.39 is 5.60 Å². The number of nitrogens with zero attached hydrogens (tertiary/aromatic N) is 2. The topological polar surface area (TPSA) is 49.9 Å². The minimum absolute atomic E-state index is 0.0239. The summed E-state index contributed by atoms with van der Waals surface area (Å²) in [4.78, 5) is 28.6. The second kappa shape index (κ2) is 7.40. The first-order chi connectivity index (χ1) is 13.0. The molecule has 4 rings (SSSR count). The SMILES string of the molecule is O=C(Cc1ccsc1)N1CCCC2(C1)CN(c1ccc(F)cc1)C(=O)CO2. The summed E-state index contributed by atoms with van der Waals surface area (Å²) in [5.41, 5.74) is 1.12. The van der Waals surface area contributed by atoms with Crippen LogP contribution in [0.5, 0.6) is 0 Å². The summed E-state index contributed by atoms with van der Waals surface area (Å²) in [7, 11) is 0. The standard InChI is InChI=1S/C20H21FN2O3S/c21-16-2-4-17(5-3-16)23-14-20(26-11-19(23)25)7-1-8-22(13-20)18(24)10-15-6-9-27-12-15/h2-6,9,12H,1,7-8,10-11,13-14H2. The van der Waals surface area contributed by atoms with Gasteiger partial charge in [-0.05, 0) is 59.5 Å². The molecule has 27 heavy (non-hydrogen) atoms. The minimum Gasteiger partial charge on any atom is -0.361 e. The Bertz CT molecular complexity index is 824. The molecule has 0 saturated carbocycles. The van der Waals surface area contributed by atoms with Gasteiger partial charge in [-0.3, -0.25) is 9.59 Å². The van der Waals surface area contributed by atoms with E-state index in [1.165, 1.54) is 12.1 Å². The lowest BCUT2D eigenvalue weighted by molar-refractivity contribution is -0.153. The fraction of sp³-hybridized carbons (Fsp3) is 0.400. The molecule has 1 spiro atoms. The molecule has 2 aliphatic heterocycles. The molecule has 2 fully saturated rings. The van der Waals surface area contributed by atoms with Crippen LogP contribution in [0.4, 0.5) is 10.1 Å². The van der Waals surface area contributed by atoms with Gasteiger partial charge in [0.2, 0.25) is 5.91 Å². The molecule has 1 atom stereocenters. The number of amides is 2. The van der Waals surface area contributed by atoms with Gasteiger partial charge in [0.05, 0.1) is 19.5 Å². The Morgan fingerprint density at radius 1 is 1.22 bits per heavy atom. The van der Waals surface area contributed by atoms with E-state index in [-0.39, 0.29) is 24.2 Å². The number of hydrogen-bond donors (Lipinski definition) is 0. The summed E-state index contributed by atoms with van der Waals surface area (Å²) in [6, 6.07) is 7.88. The number of likely N-dealkylation sites (tertiary alicyclic amines) is 1. The number of piperidine rings is 1. The number of ether oxygens (including phenoxy) is 1. The van der Waals surface area contributed by atoms with Crippen molar-refractivity contribution < 1.29 is 18.7 Å². The molecule has 2 aromatic rings. The first kappa shape index (κ1) is 18.1. The van der Waals surface area contributed by atoms with Crippen molar-refractivity contribution in [3.05, 3.63) is 52.5 Å². The lowest BCUT2D eigenvalue weighted by atomic mass is 9.90. The van der Waals surface area contributed by atoms with E-state index in [0.29, 0.717) is 31.7 Å². The summed E-state index contributed by atoms with van der Waals surface area (Å²) in [5, 5.41) is 3.96. The third kappa shape index (κ3) is 3.89. The first-order valence-corrected chi connectivity index (χ1v) is 9.98. The number of morpholine rings is 1. The summed E-state index contributed by atoms with van der Waals surface area (Å²) in [6.07, 6.45) is 2.02. The van der Waals surface area contributed by atoms with E-state index >= 15 is 0 Å². The van der Waals surface area contributed by atoms with Crippen LogP contribution in [0.2, 0.25) is 0 Å². The number of benzene rings is 1. The molecular weight excluding hydrogens is 367 g/mol. The number of thiophene rings is 1. The number of anilines is 1. The molecule has 0 aliphatic carbocycles. The Morgan fingerprint density at radius 2 is 2.04 bits per heavy atom. The third-order valence-corrected chi connectivity index (χ3v) is 5.95. The molecule has 2 saturated heterocycles. The zero-order chi connectivity index (χ0) is 18.9. The molecule has 1 aromatic carbocycles. The van der Waals surface area contributed by atoms with Crippen LogP contribution in [-0.4, -0.2) is 48.6 Å². The number of hydrogen-bond acceptors (Lipinski definition) is 4. The number of rotatable bonds is 3. The molecule has 142 valence electrons. The Balaban J connectivity index is 1.49. The van der Waals surface area contributed by atoms with Crippen molar-refractivity contribution in [1.82, 2.24) is 4.90 Å².